The molecule has 0 aromatic heterocycles. The highest BCUT2D eigenvalue weighted by Crippen LogP contribution is 2.48. The number of para-hydroxylation sites is 1. The summed E-state index contributed by atoms with van der Waals surface area (Å²) in [7, 11) is 0. The van der Waals surface area contributed by atoms with Crippen LogP contribution in [0.15, 0.2) is 48.5 Å². The number of hydrogen-bond acceptors (Lipinski definition) is 2. The molecule has 0 spiro atoms. The van der Waals surface area contributed by atoms with Crippen LogP contribution in [0.5, 0.6) is 0 Å². The quantitative estimate of drug-likeness (QED) is 0.744. The third-order valence-corrected chi connectivity index (χ3v) is 5.46. The minimum Gasteiger partial charge on any atom is -0.338 e. The molecular weight excluding hydrogens is 336 g/mol. The Morgan fingerprint density at radius 1 is 1.04 bits per heavy atom. The largest absolute Gasteiger partial charge is 0.338 e. The molecule has 1 fully saturated rings. The lowest BCUT2D eigenvalue weighted by Gasteiger charge is -2.26. The topological polar surface area (TPSA) is 49.4 Å². The van der Waals surface area contributed by atoms with Crippen molar-refractivity contribution >= 4 is 17.5 Å². The van der Waals surface area contributed by atoms with Gasteiger partial charge in [0.2, 0.25) is 11.8 Å². The molecule has 0 saturated heterocycles. The number of amides is 2. The Bertz CT molecular complexity index is 826. The van der Waals surface area contributed by atoms with Crippen molar-refractivity contribution in [1.82, 2.24) is 4.90 Å². The third kappa shape index (κ3) is 3.90. The molecule has 1 saturated carbocycles. The van der Waals surface area contributed by atoms with Crippen molar-refractivity contribution in [2.75, 3.05) is 11.9 Å². The van der Waals surface area contributed by atoms with Crippen LogP contribution in [-0.2, 0) is 22.6 Å². The average molecular weight is 364 g/mol. The normalized spacial score (nSPS) is 14.5. The van der Waals surface area contributed by atoms with Crippen molar-refractivity contribution in [1.29, 1.82) is 0 Å². The van der Waals surface area contributed by atoms with Crippen LogP contribution < -0.4 is 5.32 Å². The Hall–Kier alpha value is -2.62. The summed E-state index contributed by atoms with van der Waals surface area (Å²) in [5, 5.41) is 3.07. The lowest BCUT2D eigenvalue weighted by atomic mass is 10.0. The van der Waals surface area contributed by atoms with Crippen LogP contribution >= 0.6 is 0 Å². The highest BCUT2D eigenvalue weighted by molar-refractivity contribution is 6.13. The molecule has 0 radical (unpaired) electrons. The van der Waals surface area contributed by atoms with Gasteiger partial charge < -0.3 is 10.2 Å². The fourth-order valence-electron chi connectivity index (χ4n) is 3.53. The Morgan fingerprint density at radius 3 is 2.33 bits per heavy atom. The first-order valence-corrected chi connectivity index (χ1v) is 9.75. The zero-order valence-corrected chi connectivity index (χ0v) is 16.4. The second-order valence-electron chi connectivity index (χ2n) is 7.30. The second kappa shape index (κ2) is 7.95. The number of nitrogens with one attached hydrogen (secondary N) is 1. The van der Waals surface area contributed by atoms with E-state index < -0.39 is 5.41 Å². The fourth-order valence-corrected chi connectivity index (χ4v) is 3.53. The number of carbonyl (C=O) groups is 2. The van der Waals surface area contributed by atoms with E-state index in [0.717, 1.165) is 28.8 Å². The van der Waals surface area contributed by atoms with Crippen LogP contribution in [-0.4, -0.2) is 23.3 Å². The Kier molecular flexibility index (Phi) is 5.64. The molecule has 1 aliphatic rings. The molecule has 0 unspecified atom stereocenters. The number of hydrogen-bond donors (Lipinski definition) is 1. The van der Waals surface area contributed by atoms with E-state index in [9.17, 15) is 9.59 Å². The molecule has 0 heterocycles. The van der Waals surface area contributed by atoms with Crippen molar-refractivity contribution in [2.24, 2.45) is 5.41 Å². The van der Waals surface area contributed by atoms with Crippen LogP contribution in [0.2, 0.25) is 0 Å². The van der Waals surface area contributed by atoms with Gasteiger partial charge in [0.05, 0.1) is 0 Å². The highest BCUT2D eigenvalue weighted by atomic mass is 16.2. The standard InChI is InChI=1S/C23H28N2O2/c1-4-19-13-9-10-17(3)20(19)24-21(26)23(14-15-23)22(27)25(5-2)16-18-11-7-6-8-12-18/h6-13H,4-5,14-16H2,1-3H3,(H,24,26). The number of benzene rings is 2. The molecule has 1 aliphatic carbocycles. The van der Waals surface area contributed by atoms with Gasteiger partial charge in [-0.3, -0.25) is 9.59 Å². The molecule has 1 N–H and O–H groups in total. The van der Waals surface area contributed by atoms with Gasteiger partial charge in [0.1, 0.15) is 5.41 Å². The van der Waals surface area contributed by atoms with E-state index in [-0.39, 0.29) is 11.8 Å². The monoisotopic (exact) mass is 364 g/mol. The van der Waals surface area contributed by atoms with Crippen molar-refractivity contribution in [3.63, 3.8) is 0 Å². The van der Waals surface area contributed by atoms with Gasteiger partial charge in [-0.25, -0.2) is 0 Å². The summed E-state index contributed by atoms with van der Waals surface area (Å²) in [5.74, 6) is -0.221. The van der Waals surface area contributed by atoms with Gasteiger partial charge in [-0.1, -0.05) is 55.5 Å². The number of rotatable bonds is 7. The maximum atomic E-state index is 13.2. The van der Waals surface area contributed by atoms with Gasteiger partial charge in [-0.05, 0) is 49.8 Å². The van der Waals surface area contributed by atoms with Gasteiger partial charge in [-0.15, -0.1) is 0 Å². The van der Waals surface area contributed by atoms with Gasteiger partial charge in [0, 0.05) is 18.8 Å². The van der Waals surface area contributed by atoms with E-state index in [2.05, 4.69) is 12.2 Å². The summed E-state index contributed by atoms with van der Waals surface area (Å²) in [6.45, 7) is 7.15. The summed E-state index contributed by atoms with van der Waals surface area (Å²) in [6.07, 6.45) is 2.08. The Balaban J connectivity index is 1.77. The summed E-state index contributed by atoms with van der Waals surface area (Å²) in [6, 6.07) is 15.9. The van der Waals surface area contributed by atoms with E-state index in [0.29, 0.717) is 25.9 Å². The van der Waals surface area contributed by atoms with Crippen LogP contribution in [0.3, 0.4) is 0 Å². The molecule has 0 atom stereocenters. The van der Waals surface area contributed by atoms with E-state index in [1.807, 2.05) is 62.4 Å². The number of aryl methyl sites for hydroxylation is 2. The summed E-state index contributed by atoms with van der Waals surface area (Å²) < 4.78 is 0. The maximum Gasteiger partial charge on any atom is 0.240 e. The maximum absolute atomic E-state index is 13.2. The molecule has 3 rings (SSSR count). The van der Waals surface area contributed by atoms with Crippen LogP contribution in [0.1, 0.15) is 43.4 Å². The SMILES string of the molecule is CCc1cccc(C)c1NC(=O)C1(C(=O)N(CC)Cc2ccccc2)CC1. The molecule has 4 nitrogen and oxygen atoms in total. The predicted octanol–water partition coefficient (Wildman–Crippen LogP) is 4.32. The minimum atomic E-state index is -0.905. The first-order chi connectivity index (χ1) is 13.0. The summed E-state index contributed by atoms with van der Waals surface area (Å²) in [4.78, 5) is 28.1. The summed E-state index contributed by atoms with van der Waals surface area (Å²) in [5.41, 5.74) is 3.16. The predicted molar refractivity (Wildman–Crippen MR) is 108 cm³/mol. The number of carbonyl (C=O) groups excluding carboxylic acids is 2. The van der Waals surface area contributed by atoms with Gasteiger partial charge >= 0.3 is 0 Å². The molecule has 142 valence electrons. The average Bonchev–Trinajstić information content (AvgIpc) is 3.50. The van der Waals surface area contributed by atoms with Crippen molar-refractivity contribution in [3.8, 4) is 0 Å². The van der Waals surface area contributed by atoms with E-state index in [1.165, 1.54) is 0 Å². The molecule has 2 aromatic rings. The van der Waals surface area contributed by atoms with Gasteiger partial charge in [0.25, 0.3) is 0 Å². The van der Waals surface area contributed by atoms with Crippen LogP contribution in [0.4, 0.5) is 5.69 Å². The Labute approximate surface area is 161 Å². The molecule has 2 aromatic carbocycles. The molecular formula is C23H28N2O2. The van der Waals surface area contributed by atoms with Crippen LogP contribution in [0.25, 0.3) is 0 Å². The molecule has 0 aliphatic heterocycles. The number of nitrogens with zero attached hydrogens (tertiary/aromatic N) is 1. The molecule has 4 heteroatoms. The van der Waals surface area contributed by atoms with Gasteiger partial charge in [0.15, 0.2) is 0 Å². The van der Waals surface area contributed by atoms with Gasteiger partial charge in [-0.2, -0.15) is 0 Å². The third-order valence-electron chi connectivity index (χ3n) is 5.46. The zero-order chi connectivity index (χ0) is 19.4. The Morgan fingerprint density at radius 2 is 1.74 bits per heavy atom. The first-order valence-electron chi connectivity index (χ1n) is 9.75. The highest BCUT2D eigenvalue weighted by Gasteiger charge is 2.58. The zero-order valence-electron chi connectivity index (χ0n) is 16.4. The second-order valence-corrected chi connectivity index (χ2v) is 7.30. The van der Waals surface area contributed by atoms with Crippen molar-refractivity contribution in [2.45, 2.75) is 46.6 Å². The molecule has 0 bridgehead atoms. The lowest BCUT2D eigenvalue weighted by molar-refractivity contribution is -0.142. The van der Waals surface area contributed by atoms with Crippen molar-refractivity contribution < 1.29 is 9.59 Å². The van der Waals surface area contributed by atoms with E-state index in [4.69, 9.17) is 0 Å². The van der Waals surface area contributed by atoms with Crippen molar-refractivity contribution in [3.05, 3.63) is 65.2 Å². The minimum absolute atomic E-state index is 0.0574. The lowest BCUT2D eigenvalue weighted by Crippen LogP contribution is -2.42. The van der Waals surface area contributed by atoms with E-state index in [1.54, 1.807) is 4.90 Å². The smallest absolute Gasteiger partial charge is 0.240 e. The fraction of sp³-hybridized carbons (Fsp3) is 0.391. The van der Waals surface area contributed by atoms with Crippen LogP contribution in [0, 0.1) is 12.3 Å². The summed E-state index contributed by atoms with van der Waals surface area (Å²) >= 11 is 0. The molecule has 2 amide bonds. The molecule has 27 heavy (non-hydrogen) atoms. The number of anilines is 1. The first kappa shape index (κ1) is 19.2. The van der Waals surface area contributed by atoms with E-state index >= 15 is 0 Å².